The summed E-state index contributed by atoms with van der Waals surface area (Å²) in [6.07, 6.45) is 5.34. The molecule has 1 saturated carbocycles. The van der Waals surface area contributed by atoms with Gasteiger partial charge in [0.25, 0.3) is 0 Å². The van der Waals surface area contributed by atoms with Gasteiger partial charge in [-0.2, -0.15) is 0 Å². The molecule has 1 heterocycles. The monoisotopic (exact) mass is 213 g/mol. The molecule has 0 radical (unpaired) electrons. The first-order chi connectivity index (χ1) is 7.12. The van der Waals surface area contributed by atoms with Crippen LogP contribution in [0.25, 0.3) is 0 Å². The number of carbonyl (C=O) groups is 1. The number of aliphatic hydroxyl groups is 1. The molecule has 1 atom stereocenters. The molecule has 0 amide bonds. The average molecular weight is 213 g/mol. The van der Waals surface area contributed by atoms with Crippen LogP contribution in [0.15, 0.2) is 0 Å². The highest BCUT2D eigenvalue weighted by Crippen LogP contribution is 2.29. The van der Waals surface area contributed by atoms with Crippen LogP contribution in [-0.2, 0) is 4.79 Å². The number of carboxylic acids is 1. The van der Waals surface area contributed by atoms with Crippen LogP contribution in [0.3, 0.4) is 0 Å². The van der Waals surface area contributed by atoms with Crippen LogP contribution in [0.2, 0.25) is 0 Å². The molecule has 15 heavy (non-hydrogen) atoms. The Bertz CT molecular complexity index is 252. The zero-order valence-corrected chi connectivity index (χ0v) is 8.98. The molecule has 2 aliphatic rings. The molecule has 2 rings (SSSR count). The van der Waals surface area contributed by atoms with Gasteiger partial charge in [-0.05, 0) is 38.6 Å². The van der Waals surface area contributed by atoms with E-state index in [-0.39, 0.29) is 0 Å². The van der Waals surface area contributed by atoms with E-state index < -0.39 is 11.6 Å². The van der Waals surface area contributed by atoms with E-state index in [2.05, 4.69) is 4.90 Å². The maximum atomic E-state index is 10.9. The van der Waals surface area contributed by atoms with E-state index in [1.165, 1.54) is 19.3 Å². The second-order valence-electron chi connectivity index (χ2n) is 4.81. The Hall–Kier alpha value is -0.610. The zero-order chi connectivity index (χ0) is 10.9. The number of likely N-dealkylation sites (tertiary alicyclic amines) is 1. The largest absolute Gasteiger partial charge is 0.479 e. The van der Waals surface area contributed by atoms with Gasteiger partial charge in [-0.3, -0.25) is 0 Å². The molecule has 86 valence electrons. The Balaban J connectivity index is 1.93. The Morgan fingerprint density at radius 1 is 1.20 bits per heavy atom. The van der Waals surface area contributed by atoms with Crippen molar-refractivity contribution in [3.8, 4) is 0 Å². The molecule has 0 bridgehead atoms. The summed E-state index contributed by atoms with van der Waals surface area (Å²) < 4.78 is 0. The van der Waals surface area contributed by atoms with Gasteiger partial charge < -0.3 is 15.1 Å². The first-order valence-corrected chi connectivity index (χ1v) is 5.82. The molecular formula is C11H19NO3. The van der Waals surface area contributed by atoms with Crippen LogP contribution < -0.4 is 0 Å². The van der Waals surface area contributed by atoms with E-state index >= 15 is 0 Å². The maximum absolute atomic E-state index is 10.9. The summed E-state index contributed by atoms with van der Waals surface area (Å²) in [5.41, 5.74) is -1.47. The fourth-order valence-electron chi connectivity index (χ4n) is 2.47. The highest BCUT2D eigenvalue weighted by Gasteiger charge is 2.39. The lowest BCUT2D eigenvalue weighted by Gasteiger charge is -2.37. The molecule has 2 fully saturated rings. The normalized spacial score (nSPS) is 34.5. The fourth-order valence-corrected chi connectivity index (χ4v) is 2.47. The van der Waals surface area contributed by atoms with Crippen LogP contribution in [0.5, 0.6) is 0 Å². The molecule has 0 aromatic rings. The third-order valence-corrected chi connectivity index (χ3v) is 3.84. The summed E-state index contributed by atoms with van der Waals surface area (Å²) in [5, 5.41) is 18.8. The van der Waals surface area contributed by atoms with Crippen LogP contribution in [0, 0.1) is 0 Å². The van der Waals surface area contributed by atoms with Gasteiger partial charge in [0.05, 0.1) is 0 Å². The fraction of sp³-hybridized carbons (Fsp3) is 0.909. The predicted octanol–water partition coefficient (Wildman–Crippen LogP) is 0.840. The molecule has 0 aromatic carbocycles. The zero-order valence-electron chi connectivity index (χ0n) is 8.98. The lowest BCUT2D eigenvalue weighted by atomic mass is 9.91. The van der Waals surface area contributed by atoms with Crippen LogP contribution in [0.4, 0.5) is 0 Å². The standard InChI is InChI=1S/C11H19NO3/c13-10(14)11(15)5-2-7-12(8-6-11)9-3-1-4-9/h9,15H,1-8H2,(H,13,14). The third kappa shape index (κ3) is 2.16. The molecule has 1 unspecified atom stereocenters. The minimum atomic E-state index is -1.47. The summed E-state index contributed by atoms with van der Waals surface area (Å²) in [7, 11) is 0. The minimum absolute atomic E-state index is 0.374. The smallest absolute Gasteiger partial charge is 0.335 e. The summed E-state index contributed by atoms with van der Waals surface area (Å²) in [6, 6.07) is 0.654. The molecule has 4 heteroatoms. The van der Waals surface area contributed by atoms with Gasteiger partial charge in [-0.1, -0.05) is 6.42 Å². The number of aliphatic carboxylic acids is 1. The number of hydrogen-bond donors (Lipinski definition) is 2. The van der Waals surface area contributed by atoms with E-state index in [9.17, 15) is 9.90 Å². The first-order valence-electron chi connectivity index (χ1n) is 5.82. The van der Waals surface area contributed by atoms with Gasteiger partial charge >= 0.3 is 5.97 Å². The van der Waals surface area contributed by atoms with E-state index in [1.54, 1.807) is 0 Å². The Morgan fingerprint density at radius 2 is 1.93 bits per heavy atom. The number of rotatable bonds is 2. The Labute approximate surface area is 89.9 Å². The third-order valence-electron chi connectivity index (χ3n) is 3.84. The molecule has 4 nitrogen and oxygen atoms in total. The van der Waals surface area contributed by atoms with Gasteiger partial charge in [0, 0.05) is 12.6 Å². The van der Waals surface area contributed by atoms with Crippen LogP contribution in [-0.4, -0.2) is 45.8 Å². The molecule has 0 spiro atoms. The predicted molar refractivity (Wildman–Crippen MR) is 55.6 cm³/mol. The second-order valence-corrected chi connectivity index (χ2v) is 4.81. The molecule has 1 aliphatic heterocycles. The SMILES string of the molecule is O=C(O)C1(O)CCCN(C2CCC2)CC1. The lowest BCUT2D eigenvalue weighted by Crippen LogP contribution is -2.43. The summed E-state index contributed by atoms with van der Waals surface area (Å²) in [6.45, 7) is 1.67. The van der Waals surface area contributed by atoms with Crippen molar-refractivity contribution in [2.75, 3.05) is 13.1 Å². The minimum Gasteiger partial charge on any atom is -0.479 e. The van der Waals surface area contributed by atoms with Gasteiger partial charge in [-0.15, -0.1) is 0 Å². The quantitative estimate of drug-likeness (QED) is 0.713. The average Bonchev–Trinajstić information content (AvgIpc) is 2.27. The summed E-state index contributed by atoms with van der Waals surface area (Å²) in [5.74, 6) is -1.06. The van der Waals surface area contributed by atoms with Crippen LogP contribution >= 0.6 is 0 Å². The van der Waals surface area contributed by atoms with Crippen LogP contribution in [0.1, 0.15) is 38.5 Å². The highest BCUT2D eigenvalue weighted by atomic mass is 16.4. The number of hydrogen-bond acceptors (Lipinski definition) is 3. The second kappa shape index (κ2) is 4.10. The van der Waals surface area contributed by atoms with Crippen molar-refractivity contribution in [2.24, 2.45) is 0 Å². The summed E-state index contributed by atoms with van der Waals surface area (Å²) in [4.78, 5) is 13.3. The molecule has 1 aliphatic carbocycles. The van der Waals surface area contributed by atoms with E-state index in [0.29, 0.717) is 18.9 Å². The molecule has 2 N–H and O–H groups in total. The Morgan fingerprint density at radius 3 is 2.47 bits per heavy atom. The molecule has 0 aromatic heterocycles. The van der Waals surface area contributed by atoms with Crippen molar-refractivity contribution >= 4 is 5.97 Å². The van der Waals surface area contributed by atoms with Gasteiger partial charge in [0.2, 0.25) is 0 Å². The maximum Gasteiger partial charge on any atom is 0.335 e. The van der Waals surface area contributed by atoms with Crippen molar-refractivity contribution in [3.05, 3.63) is 0 Å². The van der Waals surface area contributed by atoms with Gasteiger partial charge in [-0.25, -0.2) is 4.79 Å². The lowest BCUT2D eigenvalue weighted by molar-refractivity contribution is -0.159. The molecular weight excluding hydrogens is 194 g/mol. The van der Waals surface area contributed by atoms with E-state index in [4.69, 9.17) is 5.11 Å². The number of nitrogens with zero attached hydrogens (tertiary/aromatic N) is 1. The van der Waals surface area contributed by atoms with Crippen molar-refractivity contribution in [1.29, 1.82) is 0 Å². The highest BCUT2D eigenvalue weighted by molar-refractivity contribution is 5.77. The van der Waals surface area contributed by atoms with Crippen molar-refractivity contribution in [3.63, 3.8) is 0 Å². The van der Waals surface area contributed by atoms with Crippen molar-refractivity contribution < 1.29 is 15.0 Å². The molecule has 1 saturated heterocycles. The van der Waals surface area contributed by atoms with Gasteiger partial charge in [0.15, 0.2) is 5.60 Å². The van der Waals surface area contributed by atoms with E-state index in [0.717, 1.165) is 19.5 Å². The summed E-state index contributed by atoms with van der Waals surface area (Å²) >= 11 is 0. The van der Waals surface area contributed by atoms with Gasteiger partial charge in [0.1, 0.15) is 0 Å². The van der Waals surface area contributed by atoms with Crippen molar-refractivity contribution in [1.82, 2.24) is 4.90 Å². The topological polar surface area (TPSA) is 60.8 Å². The number of carboxylic acid groups (broad SMARTS) is 1. The first kappa shape index (κ1) is 10.9. The van der Waals surface area contributed by atoms with Crippen molar-refractivity contribution in [2.45, 2.75) is 50.2 Å². The Kier molecular flexibility index (Phi) is 2.98. The van der Waals surface area contributed by atoms with E-state index in [1.807, 2.05) is 0 Å².